The maximum Gasteiger partial charge on any atom is 0.000699 e. The summed E-state index contributed by atoms with van der Waals surface area (Å²) in [5, 5.41) is 1.76. The zero-order valence-electron chi connectivity index (χ0n) is 8.98. The predicted octanol–water partition coefficient (Wildman–Crippen LogP) is 4.04. The molecular weight excluding hydrogens is 164 g/mol. The summed E-state index contributed by atoms with van der Waals surface area (Å²) in [5.41, 5.74) is 0.557. The molecule has 0 amide bonds. The smallest absolute Gasteiger partial charge is 0.000699 e. The standard InChI is InChI=1S/C11H21S/c1-6-7-11(5,8-9-12)10(2,3)4/h8-9H,6-7H2,1-5H3. The lowest BCUT2D eigenvalue weighted by atomic mass is 9.64. The van der Waals surface area contributed by atoms with Crippen molar-refractivity contribution in [2.24, 2.45) is 10.8 Å². The Morgan fingerprint density at radius 2 is 1.67 bits per heavy atom. The van der Waals surface area contributed by atoms with Crippen LogP contribution in [-0.2, 0) is 0 Å². The molecule has 0 aliphatic heterocycles. The lowest BCUT2D eigenvalue weighted by molar-refractivity contribution is 0.143. The summed E-state index contributed by atoms with van der Waals surface area (Å²) in [4.78, 5) is 0. The van der Waals surface area contributed by atoms with Crippen molar-refractivity contribution in [3.63, 3.8) is 0 Å². The van der Waals surface area contributed by atoms with Crippen molar-refractivity contribution in [1.82, 2.24) is 0 Å². The fourth-order valence-electron chi connectivity index (χ4n) is 1.38. The molecular formula is C11H21S. The molecule has 0 rings (SSSR count). The molecule has 0 aromatic heterocycles. The fourth-order valence-corrected chi connectivity index (χ4v) is 1.68. The quantitative estimate of drug-likeness (QED) is 0.596. The van der Waals surface area contributed by atoms with Crippen molar-refractivity contribution >= 4 is 17.6 Å². The highest BCUT2D eigenvalue weighted by Gasteiger charge is 2.35. The minimum atomic E-state index is 0.253. The van der Waals surface area contributed by atoms with E-state index < -0.39 is 0 Å². The van der Waals surface area contributed by atoms with Gasteiger partial charge in [-0.1, -0.05) is 53.3 Å². The monoisotopic (exact) mass is 185 g/mol. The number of rotatable bonds is 4. The van der Waals surface area contributed by atoms with Crippen LogP contribution in [0.15, 0.2) is 0 Å². The topological polar surface area (TPSA) is 0 Å². The van der Waals surface area contributed by atoms with E-state index in [2.05, 4.69) is 41.0 Å². The summed E-state index contributed by atoms with van der Waals surface area (Å²) in [6.45, 7) is 11.3. The minimum Gasteiger partial charge on any atom is -0.0931 e. The molecule has 1 heteroatoms. The summed E-state index contributed by atoms with van der Waals surface area (Å²) < 4.78 is 0. The van der Waals surface area contributed by atoms with Gasteiger partial charge in [0.05, 0.1) is 0 Å². The molecule has 0 aromatic carbocycles. The molecule has 1 atom stereocenters. The maximum atomic E-state index is 4.90. The lowest BCUT2D eigenvalue weighted by Crippen LogP contribution is -2.33. The van der Waals surface area contributed by atoms with Gasteiger partial charge in [-0.15, -0.1) is 0 Å². The van der Waals surface area contributed by atoms with Gasteiger partial charge in [0.25, 0.3) is 0 Å². The normalized spacial score (nSPS) is 17.1. The van der Waals surface area contributed by atoms with Crippen molar-refractivity contribution < 1.29 is 0 Å². The van der Waals surface area contributed by atoms with Gasteiger partial charge in [-0.3, -0.25) is 0 Å². The van der Waals surface area contributed by atoms with E-state index in [1.165, 1.54) is 12.8 Å². The second-order valence-corrected chi connectivity index (χ2v) is 4.99. The maximum absolute atomic E-state index is 4.90. The van der Waals surface area contributed by atoms with Crippen molar-refractivity contribution in [3.8, 4) is 0 Å². The molecule has 1 radical (unpaired) electrons. The third kappa shape index (κ3) is 2.85. The van der Waals surface area contributed by atoms with Crippen LogP contribution in [0, 0.1) is 17.3 Å². The Morgan fingerprint density at radius 1 is 1.17 bits per heavy atom. The van der Waals surface area contributed by atoms with Gasteiger partial charge in [0.1, 0.15) is 0 Å². The molecule has 0 bridgehead atoms. The van der Waals surface area contributed by atoms with E-state index >= 15 is 0 Å². The van der Waals surface area contributed by atoms with Crippen LogP contribution in [0.25, 0.3) is 0 Å². The van der Waals surface area contributed by atoms with Crippen LogP contribution in [0.2, 0.25) is 0 Å². The zero-order valence-corrected chi connectivity index (χ0v) is 9.79. The Bertz CT molecular complexity index is 144. The largest absolute Gasteiger partial charge is 0.0931 e. The third-order valence-corrected chi connectivity index (χ3v) is 3.05. The van der Waals surface area contributed by atoms with Gasteiger partial charge < -0.3 is 0 Å². The fraction of sp³-hybridized carbons (Fsp3) is 0.818. The summed E-state index contributed by atoms with van der Waals surface area (Å²) in [6, 6.07) is 0. The number of hydrogen-bond donors (Lipinski definition) is 0. The van der Waals surface area contributed by atoms with Crippen LogP contribution in [-0.4, -0.2) is 5.37 Å². The van der Waals surface area contributed by atoms with E-state index in [0.29, 0.717) is 5.41 Å². The number of hydrogen-bond acceptors (Lipinski definition) is 1. The summed E-state index contributed by atoms with van der Waals surface area (Å²) in [6.07, 6.45) is 4.60. The highest BCUT2D eigenvalue weighted by Crippen LogP contribution is 2.43. The second kappa shape index (κ2) is 4.36. The van der Waals surface area contributed by atoms with Gasteiger partial charge in [-0.05, 0) is 22.6 Å². The highest BCUT2D eigenvalue weighted by molar-refractivity contribution is 7.79. The molecule has 0 nitrogen and oxygen atoms in total. The first-order valence-electron chi connectivity index (χ1n) is 4.67. The Morgan fingerprint density at radius 3 is 1.92 bits per heavy atom. The summed E-state index contributed by atoms with van der Waals surface area (Å²) >= 11 is 4.90. The minimum absolute atomic E-state index is 0.253. The van der Waals surface area contributed by atoms with Gasteiger partial charge in [0.2, 0.25) is 0 Å². The van der Waals surface area contributed by atoms with Crippen LogP contribution >= 0.6 is 12.2 Å². The molecule has 0 N–H and O–H groups in total. The Hall–Kier alpha value is 0.0900. The van der Waals surface area contributed by atoms with E-state index in [1.54, 1.807) is 5.37 Å². The first-order chi connectivity index (χ1) is 5.37. The molecule has 12 heavy (non-hydrogen) atoms. The SMILES string of the molecule is CCCC(C)([CH]C=S)C(C)(C)C. The molecule has 0 saturated carbocycles. The molecule has 1 unspecified atom stereocenters. The highest BCUT2D eigenvalue weighted by atomic mass is 32.1. The first-order valence-corrected chi connectivity index (χ1v) is 5.14. The van der Waals surface area contributed by atoms with Crippen LogP contribution in [0.4, 0.5) is 0 Å². The summed E-state index contributed by atoms with van der Waals surface area (Å²) in [7, 11) is 0. The molecule has 0 spiro atoms. The van der Waals surface area contributed by atoms with Crippen molar-refractivity contribution in [2.75, 3.05) is 0 Å². The molecule has 0 saturated heterocycles. The molecule has 0 heterocycles. The van der Waals surface area contributed by atoms with Crippen LogP contribution in [0.3, 0.4) is 0 Å². The lowest BCUT2D eigenvalue weighted by Gasteiger charge is -2.41. The van der Waals surface area contributed by atoms with E-state index in [9.17, 15) is 0 Å². The van der Waals surface area contributed by atoms with Crippen LogP contribution in [0.5, 0.6) is 0 Å². The molecule has 0 fully saturated rings. The second-order valence-electron chi connectivity index (χ2n) is 4.72. The Labute approximate surface area is 82.7 Å². The molecule has 71 valence electrons. The Kier molecular flexibility index (Phi) is 4.39. The van der Waals surface area contributed by atoms with Gasteiger partial charge in [-0.2, -0.15) is 0 Å². The average molecular weight is 185 g/mol. The van der Waals surface area contributed by atoms with E-state index in [0.717, 1.165) is 0 Å². The van der Waals surface area contributed by atoms with Gasteiger partial charge in [0.15, 0.2) is 0 Å². The third-order valence-electron chi connectivity index (χ3n) is 2.92. The van der Waals surface area contributed by atoms with Crippen LogP contribution in [0.1, 0.15) is 47.5 Å². The van der Waals surface area contributed by atoms with Crippen molar-refractivity contribution in [2.45, 2.75) is 47.5 Å². The first kappa shape index (κ1) is 12.1. The molecule has 0 aliphatic carbocycles. The van der Waals surface area contributed by atoms with Gasteiger partial charge >= 0.3 is 0 Å². The van der Waals surface area contributed by atoms with E-state index in [1.807, 2.05) is 0 Å². The van der Waals surface area contributed by atoms with Gasteiger partial charge in [-0.25, -0.2) is 0 Å². The predicted molar refractivity (Wildman–Crippen MR) is 60.4 cm³/mol. The van der Waals surface area contributed by atoms with Crippen molar-refractivity contribution in [3.05, 3.63) is 6.42 Å². The zero-order chi connectivity index (χ0) is 9.83. The molecule has 0 aromatic rings. The average Bonchev–Trinajstić information content (AvgIpc) is 1.86. The van der Waals surface area contributed by atoms with Crippen LogP contribution < -0.4 is 0 Å². The van der Waals surface area contributed by atoms with Crippen molar-refractivity contribution in [1.29, 1.82) is 0 Å². The summed E-state index contributed by atoms with van der Waals surface area (Å²) in [5.74, 6) is 0. The Balaban J connectivity index is 4.48. The molecule has 0 aliphatic rings. The number of thiocarbonyl (C=S) groups is 1. The van der Waals surface area contributed by atoms with Gasteiger partial charge in [0, 0.05) is 6.42 Å². The van der Waals surface area contributed by atoms with E-state index in [4.69, 9.17) is 12.2 Å². The van der Waals surface area contributed by atoms with E-state index in [-0.39, 0.29) is 5.41 Å².